The van der Waals surface area contributed by atoms with Crippen LogP contribution in [0.3, 0.4) is 0 Å². The molecule has 0 aliphatic heterocycles. The zero-order chi connectivity index (χ0) is 37.0. The molecule has 0 radical (unpaired) electrons. The first-order valence-electron chi connectivity index (χ1n) is 19.1. The highest BCUT2D eigenvalue weighted by atomic mass is 15.1. The molecule has 54 heavy (non-hydrogen) atoms. The molecular weight excluding hydrogens is 651 g/mol. The van der Waals surface area contributed by atoms with Crippen molar-refractivity contribution in [3.8, 4) is 44.5 Å². The van der Waals surface area contributed by atoms with Crippen LogP contribution in [0.5, 0.6) is 0 Å². The molecule has 1 aliphatic carbocycles. The minimum Gasteiger partial charge on any atom is -0.310 e. The van der Waals surface area contributed by atoms with E-state index >= 15 is 0 Å². The Morgan fingerprint density at radius 2 is 1.04 bits per heavy atom. The molecular formula is C53H45N. The molecule has 8 aromatic rings. The molecule has 1 heteroatoms. The third-order valence-corrected chi connectivity index (χ3v) is 11.4. The Labute approximate surface area is 320 Å². The van der Waals surface area contributed by atoms with Gasteiger partial charge in [-0.3, -0.25) is 0 Å². The van der Waals surface area contributed by atoms with E-state index in [2.05, 4.69) is 222 Å². The second-order valence-electron chi connectivity index (χ2n) is 16.2. The van der Waals surface area contributed by atoms with Crippen LogP contribution in [0.1, 0.15) is 51.3 Å². The van der Waals surface area contributed by atoms with Gasteiger partial charge in [0.1, 0.15) is 0 Å². The van der Waals surface area contributed by atoms with Crippen LogP contribution in [0, 0.1) is 0 Å². The zero-order valence-corrected chi connectivity index (χ0v) is 31.8. The fraction of sp³-hybridized carbons (Fsp3) is 0.132. The van der Waals surface area contributed by atoms with Crippen molar-refractivity contribution in [1.82, 2.24) is 0 Å². The van der Waals surface area contributed by atoms with Crippen LogP contribution < -0.4 is 4.90 Å². The lowest BCUT2D eigenvalue weighted by atomic mass is 9.80. The molecule has 262 valence electrons. The zero-order valence-electron chi connectivity index (χ0n) is 31.8. The predicted molar refractivity (Wildman–Crippen MR) is 231 cm³/mol. The van der Waals surface area contributed by atoms with Gasteiger partial charge in [0.25, 0.3) is 0 Å². The summed E-state index contributed by atoms with van der Waals surface area (Å²) in [7, 11) is 0. The second kappa shape index (κ2) is 13.0. The van der Waals surface area contributed by atoms with Crippen LogP contribution in [-0.4, -0.2) is 0 Å². The van der Waals surface area contributed by atoms with E-state index in [1.165, 1.54) is 72.0 Å². The number of nitrogens with zero attached hydrogens (tertiary/aromatic N) is 1. The highest BCUT2D eigenvalue weighted by molar-refractivity contribution is 6.06. The largest absolute Gasteiger partial charge is 0.310 e. The fourth-order valence-electron chi connectivity index (χ4n) is 8.72. The molecule has 9 rings (SSSR count). The number of hydrogen-bond acceptors (Lipinski definition) is 1. The average Bonchev–Trinajstić information content (AvgIpc) is 3.44. The molecule has 0 heterocycles. The molecule has 8 aromatic carbocycles. The van der Waals surface area contributed by atoms with Gasteiger partial charge in [0, 0.05) is 22.4 Å². The van der Waals surface area contributed by atoms with Crippen molar-refractivity contribution in [1.29, 1.82) is 0 Å². The SMILES string of the molecule is CC(C)(C)c1ccccc1-c1c(N(c2ccc(-c3ccccc3)cc2)c2ccc3c(c2)C(C)(C)c2cccc(-c4ccccc4)c2-3)ccc2ccccc12. The summed E-state index contributed by atoms with van der Waals surface area (Å²) in [5.41, 5.74) is 17.4. The van der Waals surface area contributed by atoms with E-state index in [9.17, 15) is 0 Å². The molecule has 0 atom stereocenters. The number of rotatable bonds is 6. The topological polar surface area (TPSA) is 3.24 Å². The predicted octanol–water partition coefficient (Wildman–Crippen LogP) is 14.9. The Hall–Kier alpha value is -6.18. The van der Waals surface area contributed by atoms with Gasteiger partial charge in [-0.05, 0) is 102 Å². The van der Waals surface area contributed by atoms with E-state index in [1.54, 1.807) is 0 Å². The molecule has 1 aliphatic rings. The Balaban J connectivity index is 1.30. The van der Waals surface area contributed by atoms with Crippen molar-refractivity contribution in [3.63, 3.8) is 0 Å². The molecule has 0 N–H and O–H groups in total. The van der Waals surface area contributed by atoms with Crippen LogP contribution in [-0.2, 0) is 10.8 Å². The summed E-state index contributed by atoms with van der Waals surface area (Å²) in [6, 6.07) is 67.1. The molecule has 0 spiro atoms. The van der Waals surface area contributed by atoms with Gasteiger partial charge >= 0.3 is 0 Å². The molecule has 0 fully saturated rings. The van der Waals surface area contributed by atoms with Crippen LogP contribution in [0.25, 0.3) is 55.3 Å². The first-order valence-corrected chi connectivity index (χ1v) is 19.1. The third kappa shape index (κ3) is 5.63. The third-order valence-electron chi connectivity index (χ3n) is 11.4. The van der Waals surface area contributed by atoms with Crippen molar-refractivity contribution < 1.29 is 0 Å². The Morgan fingerprint density at radius 3 is 1.78 bits per heavy atom. The van der Waals surface area contributed by atoms with Gasteiger partial charge in [-0.1, -0.05) is 186 Å². The van der Waals surface area contributed by atoms with Crippen molar-refractivity contribution in [2.24, 2.45) is 0 Å². The highest BCUT2D eigenvalue weighted by Gasteiger charge is 2.38. The van der Waals surface area contributed by atoms with Crippen molar-refractivity contribution in [2.75, 3.05) is 4.90 Å². The van der Waals surface area contributed by atoms with E-state index < -0.39 is 0 Å². The lowest BCUT2D eigenvalue weighted by Gasteiger charge is -2.32. The molecule has 0 saturated heterocycles. The summed E-state index contributed by atoms with van der Waals surface area (Å²) in [6.07, 6.45) is 0. The van der Waals surface area contributed by atoms with Gasteiger partial charge in [0.05, 0.1) is 5.69 Å². The van der Waals surface area contributed by atoms with Crippen molar-refractivity contribution in [2.45, 2.75) is 45.4 Å². The molecule has 0 unspecified atom stereocenters. The van der Waals surface area contributed by atoms with Gasteiger partial charge in [-0.2, -0.15) is 0 Å². The van der Waals surface area contributed by atoms with Gasteiger partial charge in [-0.25, -0.2) is 0 Å². The number of fused-ring (bicyclic) bond motifs is 4. The summed E-state index contributed by atoms with van der Waals surface area (Å²) in [5.74, 6) is 0. The van der Waals surface area contributed by atoms with Crippen LogP contribution in [0.2, 0.25) is 0 Å². The van der Waals surface area contributed by atoms with Gasteiger partial charge in [-0.15, -0.1) is 0 Å². The molecule has 1 nitrogen and oxygen atoms in total. The Kier molecular flexibility index (Phi) is 8.12. The Morgan fingerprint density at radius 1 is 0.426 bits per heavy atom. The highest BCUT2D eigenvalue weighted by Crippen LogP contribution is 2.54. The van der Waals surface area contributed by atoms with E-state index in [1.807, 2.05) is 0 Å². The van der Waals surface area contributed by atoms with E-state index in [-0.39, 0.29) is 10.8 Å². The maximum Gasteiger partial charge on any atom is 0.0546 e. The molecule has 0 saturated carbocycles. The normalized spacial score (nSPS) is 13.1. The lowest BCUT2D eigenvalue weighted by Crippen LogP contribution is -2.17. The van der Waals surface area contributed by atoms with E-state index in [0.717, 1.165) is 17.1 Å². The fourth-order valence-corrected chi connectivity index (χ4v) is 8.72. The number of hydrogen-bond donors (Lipinski definition) is 0. The van der Waals surface area contributed by atoms with Gasteiger partial charge < -0.3 is 4.90 Å². The average molecular weight is 696 g/mol. The summed E-state index contributed by atoms with van der Waals surface area (Å²) in [4.78, 5) is 2.49. The van der Waals surface area contributed by atoms with Gasteiger partial charge in [0.2, 0.25) is 0 Å². The smallest absolute Gasteiger partial charge is 0.0546 e. The maximum atomic E-state index is 2.49. The Bertz CT molecular complexity index is 2640. The summed E-state index contributed by atoms with van der Waals surface area (Å²) < 4.78 is 0. The molecule has 0 bridgehead atoms. The van der Waals surface area contributed by atoms with Crippen LogP contribution in [0.15, 0.2) is 182 Å². The van der Waals surface area contributed by atoms with Crippen LogP contribution >= 0.6 is 0 Å². The standard InChI is InChI=1S/C53H45N/c1-52(2,3)46-25-15-14-23-44(46)51-43-22-13-12-21-39(43)29-34-49(51)54(40-30-27-37(28-31-40)36-17-8-6-9-18-36)41-32-33-45-48(35-41)53(4,5)47-26-16-24-42(50(45)47)38-19-10-7-11-20-38/h6-35H,1-5H3. The quantitative estimate of drug-likeness (QED) is 0.167. The minimum atomic E-state index is -0.181. The minimum absolute atomic E-state index is 0.0488. The molecule has 0 aromatic heterocycles. The van der Waals surface area contributed by atoms with Gasteiger partial charge in [0.15, 0.2) is 0 Å². The lowest BCUT2D eigenvalue weighted by molar-refractivity contribution is 0.592. The van der Waals surface area contributed by atoms with Crippen molar-refractivity contribution in [3.05, 3.63) is 199 Å². The first kappa shape index (κ1) is 33.6. The van der Waals surface area contributed by atoms with Crippen molar-refractivity contribution >= 4 is 27.8 Å². The monoisotopic (exact) mass is 695 g/mol. The summed E-state index contributed by atoms with van der Waals surface area (Å²) >= 11 is 0. The second-order valence-corrected chi connectivity index (χ2v) is 16.2. The number of benzene rings is 8. The maximum absolute atomic E-state index is 2.49. The first-order chi connectivity index (χ1) is 26.2. The van der Waals surface area contributed by atoms with E-state index in [0.29, 0.717) is 0 Å². The molecule has 0 amide bonds. The summed E-state index contributed by atoms with van der Waals surface area (Å²) in [5, 5.41) is 2.48. The number of anilines is 3. The summed E-state index contributed by atoms with van der Waals surface area (Å²) in [6.45, 7) is 11.7. The van der Waals surface area contributed by atoms with Crippen LogP contribution in [0.4, 0.5) is 17.1 Å². The van der Waals surface area contributed by atoms with E-state index in [4.69, 9.17) is 0 Å².